The van der Waals surface area contributed by atoms with Gasteiger partial charge < -0.3 is 4.98 Å². The highest BCUT2D eigenvalue weighted by molar-refractivity contribution is 5.91. The molecular formula is C27H30F2N2O. The normalized spacial score (nSPS) is 19.6. The minimum absolute atomic E-state index is 0.0396. The molecule has 0 aliphatic carbocycles. The number of nitrogens with one attached hydrogen (secondary N) is 1. The number of fused-ring (bicyclic) bond motifs is 3. The zero-order valence-corrected chi connectivity index (χ0v) is 19.3. The molecule has 0 spiro atoms. The van der Waals surface area contributed by atoms with Crippen LogP contribution in [0.5, 0.6) is 0 Å². The molecule has 0 radical (unpaired) electrons. The molecule has 1 N–H and O–H groups in total. The molecule has 168 valence electrons. The summed E-state index contributed by atoms with van der Waals surface area (Å²) in [5.74, 6) is -0.439. The Morgan fingerprint density at radius 3 is 2.66 bits per heavy atom. The van der Waals surface area contributed by atoms with Crippen LogP contribution in [-0.4, -0.2) is 33.9 Å². The Morgan fingerprint density at radius 2 is 2.00 bits per heavy atom. The molecule has 1 aromatic heterocycles. The minimum Gasteiger partial charge on any atom is -0.357 e. The van der Waals surface area contributed by atoms with E-state index in [1.807, 2.05) is 31.2 Å². The standard InChI is InChI=1S/C27H30F2N2O/c1-16-12-19(11-10-18(3)32)14-22(28)24(16)26-25-21(20-8-6-7-9-23(20)30-25)13-17(2)31(26)15-27(4,5)29/h6-12,14,17,26,30H,13,15H2,1-5H3/b11-10+/t17-,26-/m1/s1. The fourth-order valence-electron chi connectivity index (χ4n) is 4.94. The summed E-state index contributed by atoms with van der Waals surface area (Å²) in [6.45, 7) is 8.75. The van der Waals surface area contributed by atoms with Crippen molar-refractivity contribution in [3.8, 4) is 0 Å². The highest BCUT2D eigenvalue weighted by Gasteiger charge is 2.40. The third-order valence-electron chi connectivity index (χ3n) is 6.22. The van der Waals surface area contributed by atoms with E-state index < -0.39 is 11.7 Å². The van der Waals surface area contributed by atoms with Crippen molar-refractivity contribution >= 4 is 22.8 Å². The van der Waals surface area contributed by atoms with Crippen LogP contribution in [0.25, 0.3) is 17.0 Å². The first-order valence-corrected chi connectivity index (χ1v) is 11.1. The Hall–Kier alpha value is -2.79. The predicted octanol–water partition coefficient (Wildman–Crippen LogP) is 6.30. The van der Waals surface area contributed by atoms with E-state index in [-0.39, 0.29) is 24.2 Å². The van der Waals surface area contributed by atoms with Crippen LogP contribution < -0.4 is 0 Å². The molecule has 5 heteroatoms. The number of nitrogens with zero attached hydrogens (tertiary/aromatic N) is 1. The van der Waals surface area contributed by atoms with E-state index in [0.717, 1.165) is 28.6 Å². The Morgan fingerprint density at radius 1 is 1.28 bits per heavy atom. The molecule has 32 heavy (non-hydrogen) atoms. The maximum atomic E-state index is 15.6. The fraction of sp³-hybridized carbons (Fsp3) is 0.370. The number of ketones is 1. The predicted molar refractivity (Wildman–Crippen MR) is 126 cm³/mol. The van der Waals surface area contributed by atoms with Gasteiger partial charge in [0.15, 0.2) is 5.78 Å². The number of aryl methyl sites for hydroxylation is 1. The van der Waals surface area contributed by atoms with E-state index in [0.29, 0.717) is 11.1 Å². The first-order valence-electron chi connectivity index (χ1n) is 11.1. The van der Waals surface area contributed by atoms with Gasteiger partial charge in [0.05, 0.1) is 6.04 Å². The number of para-hydroxylation sites is 1. The maximum absolute atomic E-state index is 15.6. The quantitative estimate of drug-likeness (QED) is 0.476. The summed E-state index contributed by atoms with van der Waals surface area (Å²) >= 11 is 0. The number of halogens is 2. The van der Waals surface area contributed by atoms with Gasteiger partial charge >= 0.3 is 0 Å². The smallest absolute Gasteiger partial charge is 0.152 e. The van der Waals surface area contributed by atoms with Crippen LogP contribution in [0.2, 0.25) is 0 Å². The van der Waals surface area contributed by atoms with Crippen molar-refractivity contribution in [3.05, 3.63) is 76.2 Å². The molecule has 0 bridgehead atoms. The second-order valence-corrected chi connectivity index (χ2v) is 9.59. The molecule has 1 aliphatic heterocycles. The lowest BCUT2D eigenvalue weighted by Gasteiger charge is -2.43. The monoisotopic (exact) mass is 436 g/mol. The van der Waals surface area contributed by atoms with Crippen molar-refractivity contribution in [2.75, 3.05) is 6.54 Å². The summed E-state index contributed by atoms with van der Waals surface area (Å²) < 4.78 is 30.5. The Bertz CT molecular complexity index is 1180. The summed E-state index contributed by atoms with van der Waals surface area (Å²) in [4.78, 5) is 16.9. The van der Waals surface area contributed by atoms with Crippen LogP contribution in [0.1, 0.15) is 61.7 Å². The van der Waals surface area contributed by atoms with Crippen molar-refractivity contribution in [1.82, 2.24) is 9.88 Å². The highest BCUT2D eigenvalue weighted by atomic mass is 19.1. The molecule has 0 fully saturated rings. The molecule has 3 aromatic rings. The molecule has 2 heterocycles. The molecule has 1 aliphatic rings. The number of aromatic amines is 1. The average Bonchev–Trinajstić information content (AvgIpc) is 3.05. The number of carbonyl (C=O) groups excluding carboxylic acids is 1. The van der Waals surface area contributed by atoms with Gasteiger partial charge in [-0.25, -0.2) is 8.78 Å². The van der Waals surface area contributed by atoms with E-state index in [1.54, 1.807) is 19.9 Å². The van der Waals surface area contributed by atoms with Crippen molar-refractivity contribution in [2.45, 2.75) is 58.8 Å². The number of hydrogen-bond acceptors (Lipinski definition) is 2. The van der Waals surface area contributed by atoms with Gasteiger partial charge in [0.2, 0.25) is 0 Å². The van der Waals surface area contributed by atoms with Gasteiger partial charge in [0.1, 0.15) is 11.5 Å². The number of carbonyl (C=O) groups is 1. The number of hydrogen-bond donors (Lipinski definition) is 1. The van der Waals surface area contributed by atoms with Gasteiger partial charge in [-0.05, 0) is 75.9 Å². The van der Waals surface area contributed by atoms with Crippen LogP contribution in [0.4, 0.5) is 8.78 Å². The summed E-state index contributed by atoms with van der Waals surface area (Å²) in [7, 11) is 0. The van der Waals surface area contributed by atoms with Crippen molar-refractivity contribution in [3.63, 3.8) is 0 Å². The molecule has 0 amide bonds. The van der Waals surface area contributed by atoms with Crippen molar-refractivity contribution < 1.29 is 13.6 Å². The molecule has 2 aromatic carbocycles. The van der Waals surface area contributed by atoms with Gasteiger partial charge in [-0.3, -0.25) is 9.69 Å². The average molecular weight is 437 g/mol. The van der Waals surface area contributed by atoms with Gasteiger partial charge in [-0.1, -0.05) is 30.3 Å². The zero-order chi connectivity index (χ0) is 23.2. The summed E-state index contributed by atoms with van der Waals surface area (Å²) in [5.41, 5.74) is 3.65. The van der Waals surface area contributed by atoms with Crippen LogP contribution in [0, 0.1) is 12.7 Å². The molecule has 0 saturated carbocycles. The van der Waals surface area contributed by atoms with Gasteiger partial charge in [-0.2, -0.15) is 0 Å². The topological polar surface area (TPSA) is 36.1 Å². The number of allylic oxidation sites excluding steroid dienone is 1. The SMILES string of the molecule is CC(=O)/C=C/c1cc(C)c([C@@H]2c3[nH]c4ccccc4c3C[C@@H](C)N2CC(C)(C)F)c(F)c1. The lowest BCUT2D eigenvalue weighted by molar-refractivity contribution is -0.112. The van der Waals surface area contributed by atoms with Gasteiger partial charge in [-0.15, -0.1) is 0 Å². The van der Waals surface area contributed by atoms with Crippen LogP contribution in [-0.2, 0) is 11.2 Å². The number of aromatic nitrogens is 1. The molecule has 0 saturated heterocycles. The van der Waals surface area contributed by atoms with E-state index in [9.17, 15) is 9.18 Å². The largest absolute Gasteiger partial charge is 0.357 e. The summed E-state index contributed by atoms with van der Waals surface area (Å²) in [6.07, 6.45) is 3.83. The van der Waals surface area contributed by atoms with Crippen molar-refractivity contribution in [2.24, 2.45) is 0 Å². The first-order chi connectivity index (χ1) is 15.0. The molecule has 2 atom stereocenters. The molecule has 4 rings (SSSR count). The Kier molecular flexibility index (Phi) is 5.80. The lowest BCUT2D eigenvalue weighted by atomic mass is 9.85. The number of alkyl halides is 1. The first kappa shape index (κ1) is 22.4. The van der Waals surface area contributed by atoms with Crippen LogP contribution in [0.15, 0.2) is 42.5 Å². The molecule has 0 unspecified atom stereocenters. The number of rotatable bonds is 5. The zero-order valence-electron chi connectivity index (χ0n) is 19.3. The van der Waals surface area contributed by atoms with E-state index in [2.05, 4.69) is 22.9 Å². The minimum atomic E-state index is -1.43. The van der Waals surface area contributed by atoms with E-state index in [4.69, 9.17) is 0 Å². The second kappa shape index (κ2) is 8.28. The molecular weight excluding hydrogens is 406 g/mol. The van der Waals surface area contributed by atoms with Gasteiger partial charge in [0, 0.05) is 34.7 Å². The second-order valence-electron chi connectivity index (χ2n) is 9.59. The third-order valence-corrected chi connectivity index (χ3v) is 6.22. The number of benzene rings is 2. The maximum Gasteiger partial charge on any atom is 0.152 e. The summed E-state index contributed by atoms with van der Waals surface area (Å²) in [5, 5.41) is 1.14. The Labute approximate surface area is 188 Å². The lowest BCUT2D eigenvalue weighted by Crippen LogP contribution is -2.48. The van der Waals surface area contributed by atoms with Gasteiger partial charge in [0.25, 0.3) is 0 Å². The summed E-state index contributed by atoms with van der Waals surface area (Å²) in [6, 6.07) is 11.1. The Balaban J connectivity index is 1.92. The van der Waals surface area contributed by atoms with E-state index in [1.165, 1.54) is 24.6 Å². The van der Waals surface area contributed by atoms with Crippen molar-refractivity contribution in [1.29, 1.82) is 0 Å². The third kappa shape index (κ3) is 4.26. The highest BCUT2D eigenvalue weighted by Crippen LogP contribution is 2.43. The van der Waals surface area contributed by atoms with E-state index >= 15 is 4.39 Å². The molecule has 3 nitrogen and oxygen atoms in total. The van der Waals surface area contributed by atoms with Crippen LogP contribution >= 0.6 is 0 Å². The fourth-order valence-corrected chi connectivity index (χ4v) is 4.94. The van der Waals surface area contributed by atoms with Crippen LogP contribution in [0.3, 0.4) is 0 Å². The number of H-pyrrole nitrogens is 1.